The predicted octanol–water partition coefficient (Wildman–Crippen LogP) is 5.72. The van der Waals surface area contributed by atoms with Crippen molar-refractivity contribution in [3.05, 3.63) is 113 Å². The number of rotatable bonds is 23. The second-order valence-corrected chi connectivity index (χ2v) is 15.1. The van der Waals surface area contributed by atoms with E-state index in [1.54, 1.807) is 43.6 Å². The third-order valence-corrected chi connectivity index (χ3v) is 11.0. The van der Waals surface area contributed by atoms with Gasteiger partial charge < -0.3 is 50.6 Å². The van der Waals surface area contributed by atoms with Crippen LogP contribution in [0, 0.1) is 0 Å². The zero-order valence-electron chi connectivity index (χ0n) is 36.7. The highest BCUT2D eigenvalue weighted by molar-refractivity contribution is 6.08. The number of nitrogens with one attached hydrogen (secondary N) is 3. The van der Waals surface area contributed by atoms with Crippen LogP contribution in [0.2, 0.25) is 0 Å². The Kier molecular flexibility index (Phi) is 18.2. The summed E-state index contributed by atoms with van der Waals surface area (Å²) in [5, 5.41) is 8.76. The molecule has 4 aromatic rings. The molecule has 5 rings (SSSR count). The summed E-state index contributed by atoms with van der Waals surface area (Å²) in [6, 6.07) is 23.1. The molecule has 0 fully saturated rings. The van der Waals surface area contributed by atoms with Gasteiger partial charge in [-0.05, 0) is 106 Å². The van der Waals surface area contributed by atoms with Gasteiger partial charge in [0.1, 0.15) is 0 Å². The monoisotopic (exact) mass is 850 g/mol. The minimum Gasteiger partial charge on any atom is -0.378 e. The molecule has 1 heterocycles. The summed E-state index contributed by atoms with van der Waals surface area (Å²) in [6.45, 7) is 11.0. The average Bonchev–Trinajstić information content (AvgIpc) is 3.29. The number of likely N-dealkylation sites (N-methyl/N-ethyl adjacent to an activating group) is 2. The third kappa shape index (κ3) is 13.3. The number of carbonyl (C=O) groups excluding carboxylic acids is 4. The topological polar surface area (TPSA) is 181 Å². The number of pyridine rings is 1. The zero-order valence-corrected chi connectivity index (χ0v) is 36.7. The Morgan fingerprint density at radius 3 is 2.35 bits per heavy atom. The number of urea groups is 1. The first-order valence-electron chi connectivity index (χ1n) is 21.4. The number of hydrogen-bond donors (Lipinski definition) is 4. The molecule has 1 aromatic heterocycles. The van der Waals surface area contributed by atoms with Crippen molar-refractivity contribution in [1.29, 1.82) is 0 Å². The maximum absolute atomic E-state index is 14.0. The molecule has 0 bridgehead atoms. The first-order chi connectivity index (χ1) is 30.0. The third-order valence-electron chi connectivity index (χ3n) is 11.0. The molecule has 5 N–H and O–H groups in total. The molecular formula is C47H62N8O7. The SMILES string of the molecule is CCN(C)CCOCCOC[C@H](OCCNC(N)=O)N(C)C(=O)c1cccc(C(=O)Nc2ccc(N(CC)CC)cc2-c2cc(C(=O)NC3CCCc4ccccc43)ccn2)c1. The molecule has 0 saturated heterocycles. The number of aromatic nitrogens is 1. The van der Waals surface area contributed by atoms with Crippen LogP contribution in [0.3, 0.4) is 0 Å². The highest BCUT2D eigenvalue weighted by atomic mass is 16.6. The highest BCUT2D eigenvalue weighted by Crippen LogP contribution is 2.33. The van der Waals surface area contributed by atoms with Gasteiger partial charge in [-0.1, -0.05) is 37.3 Å². The Bertz CT molecular complexity index is 2110. The summed E-state index contributed by atoms with van der Waals surface area (Å²) >= 11 is 0. The lowest BCUT2D eigenvalue weighted by Crippen LogP contribution is -2.43. The van der Waals surface area contributed by atoms with Gasteiger partial charge in [-0.25, -0.2) is 4.79 Å². The number of hydrogen-bond acceptors (Lipinski definition) is 10. The first-order valence-corrected chi connectivity index (χ1v) is 21.4. The molecule has 15 nitrogen and oxygen atoms in total. The van der Waals surface area contributed by atoms with E-state index in [0.717, 1.165) is 56.7 Å². The maximum Gasteiger partial charge on any atom is 0.312 e. The number of fused-ring (bicyclic) bond motifs is 1. The van der Waals surface area contributed by atoms with Crippen molar-refractivity contribution < 1.29 is 33.4 Å². The van der Waals surface area contributed by atoms with E-state index in [2.05, 4.69) is 63.6 Å². The lowest BCUT2D eigenvalue weighted by Gasteiger charge is -2.28. The number of amides is 5. The maximum atomic E-state index is 14.0. The Morgan fingerprint density at radius 1 is 0.823 bits per heavy atom. The largest absolute Gasteiger partial charge is 0.378 e. The Balaban J connectivity index is 1.32. The van der Waals surface area contributed by atoms with Crippen LogP contribution in [0.4, 0.5) is 16.2 Å². The molecule has 5 amide bonds. The van der Waals surface area contributed by atoms with E-state index in [1.165, 1.54) is 16.5 Å². The fourth-order valence-corrected chi connectivity index (χ4v) is 7.25. The average molecular weight is 851 g/mol. The predicted molar refractivity (Wildman–Crippen MR) is 241 cm³/mol. The molecule has 2 atom stereocenters. The van der Waals surface area contributed by atoms with Crippen molar-refractivity contribution in [2.24, 2.45) is 5.73 Å². The molecule has 1 aliphatic rings. The van der Waals surface area contributed by atoms with Crippen LogP contribution in [0.25, 0.3) is 11.3 Å². The van der Waals surface area contributed by atoms with Gasteiger partial charge >= 0.3 is 6.03 Å². The number of anilines is 2. The minimum atomic E-state index is -0.823. The van der Waals surface area contributed by atoms with E-state index < -0.39 is 24.1 Å². The van der Waals surface area contributed by atoms with Gasteiger partial charge in [0.15, 0.2) is 6.23 Å². The first kappa shape index (κ1) is 47.2. The number of nitrogens with two attached hydrogens (primary N) is 1. The van der Waals surface area contributed by atoms with Gasteiger partial charge in [-0.15, -0.1) is 0 Å². The van der Waals surface area contributed by atoms with Gasteiger partial charge in [0.2, 0.25) is 0 Å². The van der Waals surface area contributed by atoms with E-state index in [4.69, 9.17) is 19.9 Å². The van der Waals surface area contributed by atoms with Crippen LogP contribution in [-0.2, 0) is 20.6 Å². The molecule has 1 aliphatic carbocycles. The zero-order chi connectivity index (χ0) is 44.4. The Labute approximate surface area is 365 Å². The normalized spacial score (nSPS) is 13.8. The van der Waals surface area contributed by atoms with Gasteiger partial charge in [0, 0.05) is 67.4 Å². The molecule has 332 valence electrons. The highest BCUT2D eigenvalue weighted by Gasteiger charge is 2.25. The second kappa shape index (κ2) is 23.9. The standard InChI is InChI=1S/C47H62N8O7/c1-6-53(4)24-26-60-27-28-61-32-43(62-25-23-50-47(48)59)54(5)46(58)36-16-11-15-34(29-36)44(56)52-41-20-19-37(55(7-2)8-3)31-39(41)42-30-35(21-22-49-42)45(57)51-40-18-12-14-33-13-9-10-17-38(33)40/h9-11,13,15-17,19-22,29-31,40,43H,6-8,12,14,18,23-28,32H2,1-5H3,(H,51,57)(H,52,56)(H3,48,50,59)/t40?,43-/m0/s1. The summed E-state index contributed by atoms with van der Waals surface area (Å²) in [4.78, 5) is 63.2. The molecule has 0 saturated carbocycles. The number of primary amides is 1. The van der Waals surface area contributed by atoms with E-state index in [9.17, 15) is 19.2 Å². The lowest BCUT2D eigenvalue weighted by atomic mass is 9.87. The quantitative estimate of drug-likeness (QED) is 0.0533. The number of aryl methyl sites for hydroxylation is 1. The van der Waals surface area contributed by atoms with Crippen LogP contribution in [0.5, 0.6) is 0 Å². The van der Waals surface area contributed by atoms with Crippen molar-refractivity contribution in [2.75, 3.05) is 90.1 Å². The number of carbonyl (C=O) groups is 4. The van der Waals surface area contributed by atoms with Crippen molar-refractivity contribution in [3.63, 3.8) is 0 Å². The molecule has 1 unspecified atom stereocenters. The van der Waals surface area contributed by atoms with Gasteiger partial charge in [0.05, 0.1) is 50.5 Å². The van der Waals surface area contributed by atoms with Crippen molar-refractivity contribution in [1.82, 2.24) is 25.4 Å². The van der Waals surface area contributed by atoms with Crippen LogP contribution >= 0.6 is 0 Å². The van der Waals surface area contributed by atoms with E-state index in [0.29, 0.717) is 35.7 Å². The molecule has 0 spiro atoms. The van der Waals surface area contributed by atoms with Crippen LogP contribution in [0.15, 0.2) is 85.1 Å². The fraction of sp³-hybridized carbons (Fsp3) is 0.426. The molecular weight excluding hydrogens is 789 g/mol. The molecule has 3 aromatic carbocycles. The van der Waals surface area contributed by atoms with E-state index in [1.807, 2.05) is 37.4 Å². The fourth-order valence-electron chi connectivity index (χ4n) is 7.25. The Hall–Kier alpha value is -5.87. The van der Waals surface area contributed by atoms with Gasteiger partial charge in [0.25, 0.3) is 17.7 Å². The summed E-state index contributed by atoms with van der Waals surface area (Å²) in [5.41, 5.74) is 11.2. The number of benzene rings is 3. The number of nitrogens with zero attached hydrogens (tertiary/aromatic N) is 4. The summed E-state index contributed by atoms with van der Waals surface area (Å²) in [5.74, 6) is -1.05. The van der Waals surface area contributed by atoms with E-state index >= 15 is 0 Å². The minimum absolute atomic E-state index is 0.0366. The molecule has 15 heteroatoms. The van der Waals surface area contributed by atoms with Crippen LogP contribution < -0.4 is 26.6 Å². The van der Waals surface area contributed by atoms with Crippen LogP contribution in [-0.4, -0.2) is 125 Å². The van der Waals surface area contributed by atoms with E-state index in [-0.39, 0.29) is 49.4 Å². The van der Waals surface area contributed by atoms with Crippen molar-refractivity contribution in [2.45, 2.75) is 52.3 Å². The van der Waals surface area contributed by atoms with Crippen molar-refractivity contribution in [3.8, 4) is 11.3 Å². The Morgan fingerprint density at radius 2 is 1.58 bits per heavy atom. The summed E-state index contributed by atoms with van der Waals surface area (Å²) in [6.07, 6.45) is 3.64. The van der Waals surface area contributed by atoms with Crippen molar-refractivity contribution >= 4 is 35.1 Å². The van der Waals surface area contributed by atoms with Gasteiger partial charge in [-0.2, -0.15) is 0 Å². The summed E-state index contributed by atoms with van der Waals surface area (Å²) < 4.78 is 17.4. The van der Waals surface area contributed by atoms with Gasteiger partial charge in [-0.3, -0.25) is 19.4 Å². The molecule has 0 radical (unpaired) electrons. The lowest BCUT2D eigenvalue weighted by molar-refractivity contribution is -0.0852. The smallest absolute Gasteiger partial charge is 0.312 e. The van der Waals surface area contributed by atoms with Crippen LogP contribution in [0.1, 0.15) is 81.9 Å². The summed E-state index contributed by atoms with van der Waals surface area (Å²) in [7, 11) is 3.60. The number of ether oxygens (including phenoxy) is 3. The molecule has 62 heavy (non-hydrogen) atoms. The second-order valence-electron chi connectivity index (χ2n) is 15.1. The molecule has 0 aliphatic heterocycles.